The first kappa shape index (κ1) is 14.8. The van der Waals surface area contributed by atoms with Crippen LogP contribution in [0.3, 0.4) is 0 Å². The molecule has 2 aromatic rings. The summed E-state index contributed by atoms with van der Waals surface area (Å²) in [6.07, 6.45) is 1.53. The molecule has 5 heteroatoms. The molecule has 104 valence electrons. The summed E-state index contributed by atoms with van der Waals surface area (Å²) in [6.45, 7) is 1.78. The summed E-state index contributed by atoms with van der Waals surface area (Å²) in [6, 6.07) is 7.97. The normalized spacial score (nSPS) is 12.2. The Balaban J connectivity index is 2.37. The fourth-order valence-corrected chi connectivity index (χ4v) is 2.56. The molecule has 20 heavy (non-hydrogen) atoms. The van der Waals surface area contributed by atoms with Gasteiger partial charge in [0.25, 0.3) is 0 Å². The highest BCUT2D eigenvalue weighted by Crippen LogP contribution is 2.29. The van der Waals surface area contributed by atoms with Crippen LogP contribution in [0.25, 0.3) is 0 Å². The minimum atomic E-state index is -0.405. The van der Waals surface area contributed by atoms with Gasteiger partial charge in [-0.2, -0.15) is 0 Å². The molecule has 0 fully saturated rings. The molecular formula is C15H13Cl2NO2. The molecule has 1 atom stereocenters. The standard InChI is InChI=1S/C15H13Cl2NO2/c1-9(12-5-4-11(16)7-13(12)17)15(20)10-3-6-14(19)18(2)8-10/h3-9H,1-2H3. The number of benzene rings is 1. The highest BCUT2D eigenvalue weighted by molar-refractivity contribution is 6.35. The first-order valence-corrected chi connectivity index (χ1v) is 6.81. The lowest BCUT2D eigenvalue weighted by atomic mass is 9.93. The van der Waals surface area contributed by atoms with Crippen molar-refractivity contribution in [2.75, 3.05) is 0 Å². The van der Waals surface area contributed by atoms with E-state index in [0.29, 0.717) is 15.6 Å². The third-order valence-corrected chi connectivity index (χ3v) is 3.76. The number of pyridine rings is 1. The number of carbonyl (C=O) groups excluding carboxylic acids is 1. The predicted octanol–water partition coefficient (Wildman–Crippen LogP) is 3.68. The number of aromatic nitrogens is 1. The molecule has 2 rings (SSSR count). The van der Waals surface area contributed by atoms with Gasteiger partial charge in [0, 0.05) is 40.8 Å². The van der Waals surface area contributed by atoms with Crippen LogP contribution in [0.4, 0.5) is 0 Å². The molecule has 0 saturated heterocycles. The van der Waals surface area contributed by atoms with Gasteiger partial charge in [0.2, 0.25) is 5.56 Å². The van der Waals surface area contributed by atoms with Gasteiger partial charge < -0.3 is 4.57 Å². The van der Waals surface area contributed by atoms with E-state index in [0.717, 1.165) is 5.56 Å². The monoisotopic (exact) mass is 309 g/mol. The van der Waals surface area contributed by atoms with Crippen LogP contribution in [0.2, 0.25) is 10.0 Å². The molecular weight excluding hydrogens is 297 g/mol. The maximum absolute atomic E-state index is 12.4. The number of aryl methyl sites for hydroxylation is 1. The van der Waals surface area contributed by atoms with E-state index in [4.69, 9.17) is 23.2 Å². The van der Waals surface area contributed by atoms with Gasteiger partial charge in [0.15, 0.2) is 5.78 Å². The Kier molecular flexibility index (Phi) is 4.31. The highest BCUT2D eigenvalue weighted by Gasteiger charge is 2.20. The summed E-state index contributed by atoms with van der Waals surface area (Å²) in [5.41, 5.74) is 1.04. The fourth-order valence-electron chi connectivity index (χ4n) is 1.98. The number of rotatable bonds is 3. The molecule has 0 aliphatic carbocycles. The molecule has 1 heterocycles. The Morgan fingerprint density at radius 3 is 2.50 bits per heavy atom. The van der Waals surface area contributed by atoms with Crippen molar-refractivity contribution in [1.29, 1.82) is 0 Å². The number of ketones is 1. The van der Waals surface area contributed by atoms with Crippen molar-refractivity contribution in [3.63, 3.8) is 0 Å². The molecule has 1 aromatic heterocycles. The van der Waals surface area contributed by atoms with Crippen LogP contribution in [0, 0.1) is 0 Å². The van der Waals surface area contributed by atoms with Gasteiger partial charge in [-0.05, 0) is 23.8 Å². The number of carbonyl (C=O) groups is 1. The summed E-state index contributed by atoms with van der Waals surface area (Å²) in [5.74, 6) is -0.498. The van der Waals surface area contributed by atoms with Crippen molar-refractivity contribution in [3.05, 3.63) is 68.1 Å². The van der Waals surface area contributed by atoms with E-state index in [1.165, 1.54) is 22.9 Å². The SMILES string of the molecule is CC(C(=O)c1ccc(=O)n(C)c1)c1ccc(Cl)cc1Cl. The first-order chi connectivity index (χ1) is 9.40. The third-order valence-electron chi connectivity index (χ3n) is 3.19. The maximum Gasteiger partial charge on any atom is 0.250 e. The minimum absolute atomic E-state index is 0.0928. The molecule has 1 aromatic carbocycles. The summed E-state index contributed by atoms with van der Waals surface area (Å²) < 4.78 is 1.38. The number of hydrogen-bond donors (Lipinski definition) is 0. The van der Waals surface area contributed by atoms with Gasteiger partial charge in [-0.1, -0.05) is 36.2 Å². The zero-order valence-electron chi connectivity index (χ0n) is 11.1. The Hall–Kier alpha value is -1.58. The van der Waals surface area contributed by atoms with Gasteiger partial charge in [0.05, 0.1) is 0 Å². The Labute approximate surface area is 126 Å². The molecule has 0 bridgehead atoms. The van der Waals surface area contributed by atoms with Gasteiger partial charge in [0.1, 0.15) is 0 Å². The van der Waals surface area contributed by atoms with E-state index >= 15 is 0 Å². The first-order valence-electron chi connectivity index (χ1n) is 6.06. The van der Waals surface area contributed by atoms with E-state index in [1.807, 2.05) is 0 Å². The van der Waals surface area contributed by atoms with E-state index in [1.54, 1.807) is 32.2 Å². The number of Topliss-reactive ketones (excluding diaryl/α,β-unsaturated/α-hetero) is 1. The number of nitrogens with zero attached hydrogens (tertiary/aromatic N) is 1. The Bertz CT molecular complexity index is 722. The Morgan fingerprint density at radius 2 is 1.90 bits per heavy atom. The average molecular weight is 310 g/mol. The zero-order valence-corrected chi connectivity index (χ0v) is 12.6. The smallest absolute Gasteiger partial charge is 0.250 e. The van der Waals surface area contributed by atoms with Gasteiger partial charge in [-0.25, -0.2) is 0 Å². The van der Waals surface area contributed by atoms with Crippen molar-refractivity contribution >= 4 is 29.0 Å². The molecule has 0 N–H and O–H groups in total. The summed E-state index contributed by atoms with van der Waals surface area (Å²) in [7, 11) is 1.61. The van der Waals surface area contributed by atoms with Crippen molar-refractivity contribution < 1.29 is 4.79 Å². The van der Waals surface area contributed by atoms with Gasteiger partial charge in [-0.15, -0.1) is 0 Å². The summed E-state index contributed by atoms with van der Waals surface area (Å²) in [4.78, 5) is 23.8. The second-order valence-corrected chi connectivity index (χ2v) is 5.46. The second kappa shape index (κ2) is 5.81. The van der Waals surface area contributed by atoms with Gasteiger partial charge in [-0.3, -0.25) is 9.59 Å². The van der Waals surface area contributed by atoms with Crippen LogP contribution >= 0.6 is 23.2 Å². The van der Waals surface area contributed by atoms with Crippen LogP contribution in [0.5, 0.6) is 0 Å². The van der Waals surface area contributed by atoms with Crippen LogP contribution in [-0.4, -0.2) is 10.4 Å². The largest absolute Gasteiger partial charge is 0.318 e. The van der Waals surface area contributed by atoms with E-state index in [-0.39, 0.29) is 11.3 Å². The fraction of sp³-hybridized carbons (Fsp3) is 0.200. The minimum Gasteiger partial charge on any atom is -0.318 e. The summed E-state index contributed by atoms with van der Waals surface area (Å²) >= 11 is 12.0. The predicted molar refractivity (Wildman–Crippen MR) is 80.9 cm³/mol. The van der Waals surface area contributed by atoms with E-state index in [2.05, 4.69) is 0 Å². The lowest BCUT2D eigenvalue weighted by Gasteiger charge is -2.13. The van der Waals surface area contributed by atoms with Gasteiger partial charge >= 0.3 is 0 Å². The van der Waals surface area contributed by atoms with E-state index in [9.17, 15) is 9.59 Å². The van der Waals surface area contributed by atoms with Crippen molar-refractivity contribution in [3.8, 4) is 0 Å². The highest BCUT2D eigenvalue weighted by atomic mass is 35.5. The van der Waals surface area contributed by atoms with Crippen molar-refractivity contribution in [1.82, 2.24) is 4.57 Å². The molecule has 0 radical (unpaired) electrons. The molecule has 3 nitrogen and oxygen atoms in total. The molecule has 0 amide bonds. The average Bonchev–Trinajstić information content (AvgIpc) is 2.40. The van der Waals surface area contributed by atoms with Crippen molar-refractivity contribution in [2.45, 2.75) is 12.8 Å². The maximum atomic E-state index is 12.4. The van der Waals surface area contributed by atoms with Crippen LogP contribution < -0.4 is 5.56 Å². The van der Waals surface area contributed by atoms with Crippen LogP contribution in [0.1, 0.15) is 28.8 Å². The van der Waals surface area contributed by atoms with Crippen LogP contribution in [-0.2, 0) is 7.05 Å². The van der Waals surface area contributed by atoms with Crippen molar-refractivity contribution in [2.24, 2.45) is 7.05 Å². The number of hydrogen-bond acceptors (Lipinski definition) is 2. The third kappa shape index (κ3) is 2.94. The van der Waals surface area contributed by atoms with E-state index < -0.39 is 5.92 Å². The topological polar surface area (TPSA) is 39.1 Å². The lowest BCUT2D eigenvalue weighted by Crippen LogP contribution is -2.18. The lowest BCUT2D eigenvalue weighted by molar-refractivity contribution is 0.0965. The quantitative estimate of drug-likeness (QED) is 0.811. The number of halogens is 2. The zero-order chi connectivity index (χ0) is 14.9. The molecule has 0 aliphatic heterocycles. The summed E-state index contributed by atoms with van der Waals surface area (Å²) in [5, 5.41) is 0.990. The Morgan fingerprint density at radius 1 is 1.20 bits per heavy atom. The van der Waals surface area contributed by atoms with Crippen LogP contribution in [0.15, 0.2) is 41.3 Å². The molecule has 1 unspecified atom stereocenters. The molecule has 0 saturated carbocycles. The molecule has 0 aliphatic rings. The molecule has 0 spiro atoms. The second-order valence-electron chi connectivity index (χ2n) is 4.62.